The van der Waals surface area contributed by atoms with Crippen molar-refractivity contribution in [2.24, 2.45) is 23.7 Å². The number of methoxy groups -OCH3 is 1. The molecule has 1 aromatic heterocycles. The van der Waals surface area contributed by atoms with E-state index in [2.05, 4.69) is 127 Å². The molecule has 5 aromatic carbocycles. The van der Waals surface area contributed by atoms with Gasteiger partial charge < -0.3 is 38.7 Å². The highest BCUT2D eigenvalue weighted by Crippen LogP contribution is 2.58. The Hall–Kier alpha value is -7.15. The maximum atomic E-state index is 15.8. The standard InChI is InChI=1S/C73H76O11/c1-43(40-75)56-28-20-44-18-21-46(22-19-44)57-29-26-49(48-13-10-15-54(36-48)73-33-9-8-14-53(73)27-25-47-12-5-7-17-62(47)73)35-52(57)38-64(77)81-68-66-63(31-30-59-61(41-76)65(71(79)82-67(59)66)51(32-34-74)42-80-3)84-72(2,69(68)83-70(56)78)55-37-50-24-23-45-11-4-6-16-58(45)60(50)39-55/h4-7,10-13,15-19,21-27,29-31,36,49-53,55,57,60,68-69,74-76H,8-9,14,20,28,32-35,37-42H2,1-3H3/b56-43-/t49-,50-,51+,52+,53+,55-,57-,60-,68+,69-,72-,73-/m0/s1. The Bertz CT molecular complexity index is 3690. The largest absolute Gasteiger partial charge is 0.483 e. The Kier molecular flexibility index (Phi) is 15.4. The van der Waals surface area contributed by atoms with Crippen molar-refractivity contribution in [2.75, 3.05) is 26.9 Å². The fourth-order valence-electron chi connectivity index (χ4n) is 16.4. The highest BCUT2D eigenvalue weighted by atomic mass is 16.6. The molecule has 5 aliphatic carbocycles. The number of ether oxygens (including phenoxy) is 4. The van der Waals surface area contributed by atoms with Gasteiger partial charge in [0.25, 0.3) is 0 Å². The van der Waals surface area contributed by atoms with Gasteiger partial charge in [0.2, 0.25) is 0 Å². The lowest BCUT2D eigenvalue weighted by atomic mass is 9.56. The Balaban J connectivity index is 0.944. The summed E-state index contributed by atoms with van der Waals surface area (Å²) in [6.07, 6.45) is 18.7. The third kappa shape index (κ3) is 9.73. The molecule has 3 aliphatic heterocycles. The summed E-state index contributed by atoms with van der Waals surface area (Å²) in [4.78, 5) is 45.8. The predicted molar refractivity (Wildman–Crippen MR) is 323 cm³/mol. The van der Waals surface area contributed by atoms with Crippen LogP contribution in [0.4, 0.5) is 0 Å². The van der Waals surface area contributed by atoms with Crippen molar-refractivity contribution in [2.45, 2.75) is 138 Å². The second-order valence-corrected chi connectivity index (χ2v) is 25.2. The topological polar surface area (TPSA) is 162 Å². The molecular weight excluding hydrogens is 1050 g/mol. The molecule has 2 bridgehead atoms. The number of hydrogen-bond donors (Lipinski definition) is 3. The van der Waals surface area contributed by atoms with Gasteiger partial charge in [0, 0.05) is 65.7 Å². The van der Waals surface area contributed by atoms with Crippen LogP contribution in [-0.2, 0) is 42.2 Å². The van der Waals surface area contributed by atoms with Crippen LogP contribution in [0.3, 0.4) is 0 Å². The number of hydrogen-bond acceptors (Lipinski definition) is 11. The zero-order valence-corrected chi connectivity index (χ0v) is 48.3. The third-order valence-electron chi connectivity index (χ3n) is 20.7. The maximum absolute atomic E-state index is 15.8. The van der Waals surface area contributed by atoms with Crippen LogP contribution >= 0.6 is 0 Å². The van der Waals surface area contributed by atoms with E-state index in [9.17, 15) is 20.1 Å². The van der Waals surface area contributed by atoms with Crippen LogP contribution in [0.2, 0.25) is 0 Å². The number of carbonyl (C=O) groups excluding carboxylic acids is 2. The van der Waals surface area contributed by atoms with Crippen LogP contribution in [0, 0.1) is 23.7 Å². The van der Waals surface area contributed by atoms with Gasteiger partial charge in [-0.25, -0.2) is 9.59 Å². The fraction of sp³-hybridized carbons (Fsp3) is 0.411. The minimum absolute atomic E-state index is 0.00570. The molecule has 0 spiro atoms. The molecule has 0 radical (unpaired) electrons. The molecule has 2 fully saturated rings. The molecule has 11 nitrogen and oxygen atoms in total. The summed E-state index contributed by atoms with van der Waals surface area (Å²) in [5.74, 6) is -1.46. The number of benzene rings is 5. The molecule has 6 aromatic rings. The molecule has 4 heterocycles. The molecule has 11 heteroatoms. The van der Waals surface area contributed by atoms with Crippen LogP contribution in [0.5, 0.6) is 5.75 Å². The summed E-state index contributed by atoms with van der Waals surface area (Å²) in [6, 6.07) is 38.5. The number of aliphatic hydroxyl groups excluding tert-OH is 3. The van der Waals surface area contributed by atoms with E-state index in [0.717, 1.165) is 36.0 Å². The Morgan fingerprint density at radius 2 is 1.61 bits per heavy atom. The molecule has 3 N–H and O–H groups in total. The van der Waals surface area contributed by atoms with E-state index in [0.29, 0.717) is 53.9 Å². The first-order chi connectivity index (χ1) is 40.9. The zero-order valence-electron chi connectivity index (χ0n) is 48.3. The van der Waals surface area contributed by atoms with Gasteiger partial charge in [0.05, 0.1) is 25.4 Å². The van der Waals surface area contributed by atoms with Crippen LogP contribution in [0.15, 0.2) is 154 Å². The highest BCUT2D eigenvalue weighted by Gasteiger charge is 2.59. The fourth-order valence-corrected chi connectivity index (χ4v) is 16.4. The molecule has 84 heavy (non-hydrogen) atoms. The van der Waals surface area contributed by atoms with Crippen LogP contribution < -0.4 is 10.4 Å². The molecule has 0 saturated heterocycles. The van der Waals surface area contributed by atoms with Gasteiger partial charge in [-0.2, -0.15) is 0 Å². The average molecular weight is 1130 g/mol. The quantitative estimate of drug-likeness (QED) is 0.0518. The summed E-state index contributed by atoms with van der Waals surface area (Å²) in [7, 11) is 1.51. The van der Waals surface area contributed by atoms with Crippen molar-refractivity contribution in [3.8, 4) is 5.75 Å². The van der Waals surface area contributed by atoms with E-state index in [4.69, 9.17) is 23.4 Å². The zero-order chi connectivity index (χ0) is 57.9. The number of aryl methyl sites for hydroxylation is 1. The molecule has 0 amide bonds. The monoisotopic (exact) mass is 1130 g/mol. The van der Waals surface area contributed by atoms with E-state index in [1.54, 1.807) is 19.1 Å². The lowest BCUT2D eigenvalue weighted by Crippen LogP contribution is -2.58. The minimum atomic E-state index is -1.38. The van der Waals surface area contributed by atoms with Gasteiger partial charge in [-0.1, -0.05) is 146 Å². The van der Waals surface area contributed by atoms with Crippen LogP contribution in [0.25, 0.3) is 23.1 Å². The second kappa shape index (κ2) is 23.0. The van der Waals surface area contributed by atoms with Crippen molar-refractivity contribution in [3.63, 3.8) is 0 Å². The maximum Gasteiger partial charge on any atom is 0.340 e. The number of aliphatic hydroxyl groups is 3. The van der Waals surface area contributed by atoms with Crippen molar-refractivity contribution in [3.05, 3.63) is 216 Å². The van der Waals surface area contributed by atoms with Crippen molar-refractivity contribution < 1.29 is 48.3 Å². The first-order valence-electron chi connectivity index (χ1n) is 30.6. The van der Waals surface area contributed by atoms with Gasteiger partial charge in [-0.15, -0.1) is 0 Å². The normalized spacial score (nSPS) is 29.7. The number of esters is 2. The summed E-state index contributed by atoms with van der Waals surface area (Å²) >= 11 is 0. The van der Waals surface area contributed by atoms with Crippen molar-refractivity contribution in [1.82, 2.24) is 0 Å². The van der Waals surface area contributed by atoms with E-state index in [-0.39, 0.29) is 102 Å². The molecule has 0 unspecified atom stereocenters. The summed E-state index contributed by atoms with van der Waals surface area (Å²) < 4.78 is 33.4. The first kappa shape index (κ1) is 56.0. The number of allylic oxidation sites excluding steroid dienone is 4. The van der Waals surface area contributed by atoms with E-state index in [1.807, 2.05) is 13.0 Å². The van der Waals surface area contributed by atoms with Gasteiger partial charge in [-0.3, -0.25) is 4.79 Å². The molecular formula is C73H76O11. The minimum Gasteiger partial charge on any atom is -0.483 e. The smallest absolute Gasteiger partial charge is 0.340 e. The molecule has 8 aliphatic rings. The van der Waals surface area contributed by atoms with Gasteiger partial charge in [0.1, 0.15) is 16.9 Å². The van der Waals surface area contributed by atoms with E-state index in [1.165, 1.54) is 41.3 Å². The second-order valence-electron chi connectivity index (χ2n) is 25.2. The number of fused-ring (bicyclic) bond motifs is 17. The lowest BCUT2D eigenvalue weighted by Gasteiger charge is -2.48. The van der Waals surface area contributed by atoms with Gasteiger partial charge in [-0.05, 0) is 157 Å². The Morgan fingerprint density at radius 3 is 2.42 bits per heavy atom. The predicted octanol–water partition coefficient (Wildman–Crippen LogP) is 13.2. The SMILES string of the molecule is COC[C@@H](CCO)c1c(CO)c2ccc3c(c2oc1=O)[C@H]1OC(=O)C[C@H]2C[C@@H](c4cccc([C@]56CCCC[C@@H]5C=Cc5ccccc56)c4)C=C[C@H]2c2ccc(cc2)CC/C(=C(\C)CO)C(=O)O[C@@H]1[C@](C)([C@@H]1C[C@@H]2c4ccccc4C=C[C@H]2C1)O3. The molecule has 2 saturated carbocycles. The summed E-state index contributed by atoms with van der Waals surface area (Å²) in [6.45, 7) is 2.61. The van der Waals surface area contributed by atoms with Crippen LogP contribution in [-0.4, -0.2) is 65.9 Å². The van der Waals surface area contributed by atoms with Gasteiger partial charge in [0.15, 0.2) is 12.2 Å². The lowest BCUT2D eigenvalue weighted by molar-refractivity contribution is -0.199. The van der Waals surface area contributed by atoms with Crippen molar-refractivity contribution in [1.29, 1.82) is 0 Å². The summed E-state index contributed by atoms with van der Waals surface area (Å²) in [5.41, 5.74) is 8.97. The number of rotatable bonds is 10. The Labute approximate surface area is 491 Å². The van der Waals surface area contributed by atoms with Gasteiger partial charge >= 0.3 is 17.6 Å². The molecule has 434 valence electrons. The number of carbonyl (C=O) groups is 2. The van der Waals surface area contributed by atoms with E-state index >= 15 is 9.59 Å². The summed E-state index contributed by atoms with van der Waals surface area (Å²) in [5, 5.41) is 32.5. The van der Waals surface area contributed by atoms with E-state index < -0.39 is 47.9 Å². The van der Waals surface area contributed by atoms with Crippen LogP contribution in [0.1, 0.15) is 169 Å². The average Bonchev–Trinajstić information content (AvgIpc) is 2.06. The highest BCUT2D eigenvalue weighted by molar-refractivity contribution is 5.90. The Morgan fingerprint density at radius 1 is 0.798 bits per heavy atom. The molecule has 14 rings (SSSR count). The first-order valence-corrected chi connectivity index (χ1v) is 30.6. The molecule has 12 atom stereocenters. The third-order valence-corrected chi connectivity index (χ3v) is 20.7. The van der Waals surface area contributed by atoms with Crippen molar-refractivity contribution >= 4 is 35.1 Å².